The van der Waals surface area contributed by atoms with Crippen molar-refractivity contribution < 1.29 is 28.6 Å². The van der Waals surface area contributed by atoms with Crippen LogP contribution in [0.4, 0.5) is 5.69 Å². The van der Waals surface area contributed by atoms with Crippen molar-refractivity contribution in [3.05, 3.63) is 69.9 Å². The Labute approximate surface area is 231 Å². The van der Waals surface area contributed by atoms with Crippen molar-refractivity contribution in [3.63, 3.8) is 0 Å². The average Bonchev–Trinajstić information content (AvgIpc) is 3.63. The number of rotatable bonds is 9. The molecule has 0 unspecified atom stereocenters. The molecule has 1 fully saturated rings. The molecule has 204 valence electrons. The molecule has 1 aliphatic heterocycles. The van der Waals surface area contributed by atoms with Crippen molar-refractivity contribution in [2.75, 3.05) is 18.8 Å². The highest BCUT2D eigenvalue weighted by atomic mass is 32.1. The fraction of sp³-hybridized carbons (Fsp3) is 0.367. The third-order valence-electron chi connectivity index (χ3n) is 7.19. The van der Waals surface area contributed by atoms with Crippen LogP contribution in [0.25, 0.3) is 0 Å². The Kier molecular flexibility index (Phi) is 8.16. The van der Waals surface area contributed by atoms with E-state index in [-0.39, 0.29) is 42.4 Å². The van der Waals surface area contributed by atoms with E-state index in [0.29, 0.717) is 28.5 Å². The van der Waals surface area contributed by atoms with E-state index in [0.717, 1.165) is 37.0 Å². The van der Waals surface area contributed by atoms with Crippen molar-refractivity contribution >= 4 is 34.6 Å². The van der Waals surface area contributed by atoms with Gasteiger partial charge in [-0.15, -0.1) is 11.3 Å². The zero-order valence-electron chi connectivity index (χ0n) is 22.1. The van der Waals surface area contributed by atoms with Crippen LogP contribution in [0.1, 0.15) is 65.9 Å². The van der Waals surface area contributed by atoms with Gasteiger partial charge in [0.2, 0.25) is 18.6 Å². The van der Waals surface area contributed by atoms with E-state index in [1.165, 1.54) is 23.2 Å². The highest BCUT2D eigenvalue weighted by Crippen LogP contribution is 2.42. The summed E-state index contributed by atoms with van der Waals surface area (Å²) in [6.07, 6.45) is 5.12. The maximum Gasteiger partial charge on any atom is 0.248 e. The monoisotopic (exact) mass is 548 g/mol. The summed E-state index contributed by atoms with van der Waals surface area (Å²) in [6, 6.07) is 13.1. The van der Waals surface area contributed by atoms with Gasteiger partial charge in [0.05, 0.1) is 19.2 Å². The van der Waals surface area contributed by atoms with Gasteiger partial charge in [-0.05, 0) is 55.0 Å². The van der Waals surface area contributed by atoms with Crippen LogP contribution in [-0.2, 0) is 16.0 Å². The van der Waals surface area contributed by atoms with E-state index in [4.69, 9.17) is 14.2 Å². The molecule has 1 N–H and O–H groups in total. The van der Waals surface area contributed by atoms with Crippen molar-refractivity contribution in [1.29, 1.82) is 0 Å². The molecule has 2 heterocycles. The summed E-state index contributed by atoms with van der Waals surface area (Å²) in [4.78, 5) is 43.5. The maximum atomic E-state index is 14.2. The van der Waals surface area contributed by atoms with Gasteiger partial charge < -0.3 is 19.5 Å². The predicted molar refractivity (Wildman–Crippen MR) is 149 cm³/mol. The van der Waals surface area contributed by atoms with Crippen molar-refractivity contribution in [3.8, 4) is 17.2 Å². The van der Waals surface area contributed by atoms with E-state index >= 15 is 0 Å². The zero-order valence-corrected chi connectivity index (χ0v) is 22.9. The molecule has 0 spiro atoms. The summed E-state index contributed by atoms with van der Waals surface area (Å²) in [5.74, 6) is 0.636. The SMILES string of the molecule is COc1ccc([C@H](C(=O)NC2CCCCC2)N(C(=O)Cc2cccs2)c2cc3c(cc2C(C)=O)OCO3)cc1. The first-order valence-corrected chi connectivity index (χ1v) is 14.1. The molecule has 0 bridgehead atoms. The third-order valence-corrected chi connectivity index (χ3v) is 8.07. The van der Waals surface area contributed by atoms with Crippen molar-refractivity contribution in [1.82, 2.24) is 5.32 Å². The second kappa shape index (κ2) is 11.9. The molecule has 8 nitrogen and oxygen atoms in total. The molecule has 1 aromatic heterocycles. The second-order valence-electron chi connectivity index (χ2n) is 9.82. The number of hydrogen-bond acceptors (Lipinski definition) is 7. The molecule has 0 radical (unpaired) electrons. The molecule has 0 saturated heterocycles. The van der Waals surface area contributed by atoms with Crippen molar-refractivity contribution in [2.45, 2.75) is 57.5 Å². The first-order chi connectivity index (χ1) is 18.9. The minimum absolute atomic E-state index is 0.0172. The Morgan fingerprint density at radius 2 is 1.77 bits per heavy atom. The van der Waals surface area contributed by atoms with Gasteiger partial charge in [0.25, 0.3) is 0 Å². The average molecular weight is 549 g/mol. The van der Waals surface area contributed by atoms with Gasteiger partial charge >= 0.3 is 0 Å². The number of carbonyl (C=O) groups excluding carboxylic acids is 3. The molecule has 9 heteroatoms. The van der Waals surface area contributed by atoms with Crippen LogP contribution in [0.2, 0.25) is 0 Å². The van der Waals surface area contributed by atoms with Gasteiger partial charge in [-0.3, -0.25) is 19.3 Å². The van der Waals surface area contributed by atoms with Gasteiger partial charge in [-0.1, -0.05) is 37.5 Å². The zero-order chi connectivity index (χ0) is 27.4. The highest BCUT2D eigenvalue weighted by Gasteiger charge is 2.37. The molecule has 2 aliphatic rings. The number of thiophene rings is 1. The summed E-state index contributed by atoms with van der Waals surface area (Å²) in [5, 5.41) is 5.12. The standard InChI is InChI=1S/C30H32N2O6S/c1-19(33)24-16-26-27(38-18-37-26)17-25(24)32(28(34)15-23-9-6-14-39-23)29(20-10-12-22(36-2)13-11-20)30(35)31-21-7-4-3-5-8-21/h6,9-14,16-17,21,29H,3-5,7-8,15,18H2,1-2H3,(H,31,35)/t29-/m1/s1. The minimum Gasteiger partial charge on any atom is -0.497 e. The molecular weight excluding hydrogens is 516 g/mol. The normalized spacial score (nSPS) is 15.4. The number of carbonyl (C=O) groups is 3. The van der Waals surface area contributed by atoms with Crippen LogP contribution in [0.3, 0.4) is 0 Å². The minimum atomic E-state index is -1.02. The predicted octanol–water partition coefficient (Wildman–Crippen LogP) is 5.45. The van der Waals surface area contributed by atoms with E-state index < -0.39 is 6.04 Å². The summed E-state index contributed by atoms with van der Waals surface area (Å²) < 4.78 is 16.5. The lowest BCUT2D eigenvalue weighted by molar-refractivity contribution is -0.127. The topological polar surface area (TPSA) is 94.2 Å². The Bertz CT molecular complexity index is 1330. The number of Topliss-reactive ketones (excluding diaryl/α,β-unsaturated/α-hetero) is 1. The molecule has 5 rings (SSSR count). The summed E-state index contributed by atoms with van der Waals surface area (Å²) in [6.45, 7) is 1.46. The van der Waals surface area contributed by atoms with Gasteiger partial charge in [-0.2, -0.15) is 0 Å². The fourth-order valence-electron chi connectivity index (χ4n) is 5.21. The van der Waals surface area contributed by atoms with Gasteiger partial charge in [0.1, 0.15) is 11.8 Å². The maximum absolute atomic E-state index is 14.2. The van der Waals surface area contributed by atoms with Crippen molar-refractivity contribution in [2.24, 2.45) is 0 Å². The molecule has 3 aromatic rings. The van der Waals surface area contributed by atoms with Crippen LogP contribution in [-0.4, -0.2) is 37.5 Å². The first kappa shape index (κ1) is 26.7. The third kappa shape index (κ3) is 5.93. The molecule has 2 aromatic carbocycles. The number of nitrogens with one attached hydrogen (secondary N) is 1. The van der Waals surface area contributed by atoms with E-state index in [1.807, 2.05) is 17.5 Å². The van der Waals surface area contributed by atoms with Crippen LogP contribution in [0.5, 0.6) is 17.2 Å². The molecular formula is C30H32N2O6S. The number of benzene rings is 2. The Morgan fingerprint density at radius 1 is 1.05 bits per heavy atom. The number of ketones is 1. The lowest BCUT2D eigenvalue weighted by Gasteiger charge is -2.34. The smallest absolute Gasteiger partial charge is 0.248 e. The molecule has 39 heavy (non-hydrogen) atoms. The summed E-state index contributed by atoms with van der Waals surface area (Å²) in [5.41, 5.74) is 1.20. The second-order valence-corrected chi connectivity index (χ2v) is 10.9. The molecule has 1 saturated carbocycles. The number of methoxy groups -OCH3 is 1. The van der Waals surface area contributed by atoms with Crippen LogP contribution < -0.4 is 24.4 Å². The van der Waals surface area contributed by atoms with E-state index in [2.05, 4.69) is 5.32 Å². The quantitative estimate of drug-likeness (QED) is 0.357. The number of ether oxygens (including phenoxy) is 3. The van der Waals surface area contributed by atoms with Crippen LogP contribution in [0, 0.1) is 0 Å². The number of amides is 2. The van der Waals surface area contributed by atoms with E-state index in [1.54, 1.807) is 43.5 Å². The van der Waals surface area contributed by atoms with Crippen LogP contribution in [0.15, 0.2) is 53.9 Å². The summed E-state index contributed by atoms with van der Waals surface area (Å²) in [7, 11) is 1.57. The Hall–Kier alpha value is -3.85. The van der Waals surface area contributed by atoms with E-state index in [9.17, 15) is 14.4 Å². The number of anilines is 1. The fourth-order valence-corrected chi connectivity index (χ4v) is 5.90. The summed E-state index contributed by atoms with van der Waals surface area (Å²) >= 11 is 1.47. The lowest BCUT2D eigenvalue weighted by atomic mass is 9.94. The Balaban J connectivity index is 1.64. The first-order valence-electron chi connectivity index (χ1n) is 13.2. The highest BCUT2D eigenvalue weighted by molar-refractivity contribution is 7.10. The number of hydrogen-bond donors (Lipinski definition) is 1. The largest absolute Gasteiger partial charge is 0.497 e. The van der Waals surface area contributed by atoms with Gasteiger partial charge in [0, 0.05) is 22.5 Å². The lowest BCUT2D eigenvalue weighted by Crippen LogP contribution is -2.48. The van der Waals surface area contributed by atoms with Gasteiger partial charge in [-0.25, -0.2) is 0 Å². The molecule has 1 aliphatic carbocycles. The molecule has 1 atom stereocenters. The number of nitrogens with zero attached hydrogens (tertiary/aromatic N) is 1. The van der Waals surface area contributed by atoms with Gasteiger partial charge in [0.15, 0.2) is 17.3 Å². The Morgan fingerprint density at radius 3 is 2.41 bits per heavy atom. The number of fused-ring (bicyclic) bond motifs is 1. The van der Waals surface area contributed by atoms with Crippen LogP contribution >= 0.6 is 11.3 Å². The molecule has 2 amide bonds.